The van der Waals surface area contributed by atoms with Gasteiger partial charge in [-0.15, -0.1) is 0 Å². The normalized spacial score (nSPS) is 9.48. The van der Waals surface area contributed by atoms with Gasteiger partial charge >= 0.3 is 6.03 Å². The number of anilines is 1. The highest BCUT2D eigenvalue weighted by Crippen LogP contribution is 2.14. The molecule has 0 saturated heterocycles. The smallest absolute Gasteiger partial charge is 0.319 e. The van der Waals surface area contributed by atoms with E-state index in [0.29, 0.717) is 5.69 Å². The van der Waals surface area contributed by atoms with E-state index in [0.717, 1.165) is 0 Å². The second-order valence-corrected chi connectivity index (χ2v) is 4.39. The third-order valence-electron chi connectivity index (χ3n) is 2.70. The molecule has 0 atom stereocenters. The van der Waals surface area contributed by atoms with Gasteiger partial charge in [-0.3, -0.25) is 0 Å². The molecule has 0 heterocycles. The molecule has 2 N–H and O–H groups in total. The van der Waals surface area contributed by atoms with Gasteiger partial charge in [-0.05, 0) is 36.4 Å². The Kier molecular flexibility index (Phi) is 5.95. The van der Waals surface area contributed by atoms with Crippen molar-refractivity contribution in [2.24, 2.45) is 0 Å². The van der Waals surface area contributed by atoms with Gasteiger partial charge in [0.15, 0.2) is 11.6 Å². The topological polar surface area (TPSA) is 50.4 Å². The predicted molar refractivity (Wildman–Crippen MR) is 83.1 cm³/mol. The van der Waals surface area contributed by atoms with Crippen LogP contribution in [0.15, 0.2) is 48.5 Å². The molecule has 0 saturated carbocycles. The molecule has 0 aliphatic rings. The van der Waals surface area contributed by atoms with Crippen molar-refractivity contribution >= 4 is 11.7 Å². The summed E-state index contributed by atoms with van der Waals surface area (Å²) >= 11 is 0. The van der Waals surface area contributed by atoms with Gasteiger partial charge in [0.1, 0.15) is 12.4 Å². The number of benzene rings is 2. The number of para-hydroxylation sites is 1. The van der Waals surface area contributed by atoms with E-state index in [-0.39, 0.29) is 24.7 Å². The van der Waals surface area contributed by atoms with Crippen molar-refractivity contribution in [3.8, 4) is 17.6 Å². The maximum absolute atomic E-state index is 13.2. The summed E-state index contributed by atoms with van der Waals surface area (Å²) in [4.78, 5) is 11.5. The summed E-state index contributed by atoms with van der Waals surface area (Å²) < 4.78 is 31.1. The molecule has 0 unspecified atom stereocenters. The molecule has 23 heavy (non-hydrogen) atoms. The molecule has 2 aromatic carbocycles. The van der Waals surface area contributed by atoms with Gasteiger partial charge in [0.25, 0.3) is 0 Å². The van der Waals surface area contributed by atoms with Gasteiger partial charge in [-0.1, -0.05) is 24.0 Å². The molecule has 0 bridgehead atoms. The van der Waals surface area contributed by atoms with E-state index < -0.39 is 11.8 Å². The van der Waals surface area contributed by atoms with E-state index in [1.165, 1.54) is 36.4 Å². The molecular formula is C17H14F2N2O2. The fraction of sp³-hybridized carbons (Fsp3) is 0.118. The minimum Gasteiger partial charge on any atom is -0.478 e. The number of nitrogens with one attached hydrogen (secondary N) is 2. The largest absolute Gasteiger partial charge is 0.478 e. The maximum Gasteiger partial charge on any atom is 0.319 e. The van der Waals surface area contributed by atoms with Crippen LogP contribution >= 0.6 is 0 Å². The second kappa shape index (κ2) is 8.39. The average molecular weight is 316 g/mol. The molecule has 0 aliphatic heterocycles. The van der Waals surface area contributed by atoms with E-state index in [2.05, 4.69) is 22.5 Å². The number of halogens is 2. The Morgan fingerprint density at radius 3 is 2.52 bits per heavy atom. The van der Waals surface area contributed by atoms with Crippen LogP contribution in [0.4, 0.5) is 19.3 Å². The first-order valence-electron chi connectivity index (χ1n) is 6.78. The summed E-state index contributed by atoms with van der Waals surface area (Å²) in [5, 5.41) is 5.04. The van der Waals surface area contributed by atoms with E-state index in [9.17, 15) is 13.6 Å². The highest BCUT2D eigenvalue weighted by atomic mass is 19.1. The average Bonchev–Trinajstić information content (AvgIpc) is 2.54. The number of amides is 2. The zero-order valence-corrected chi connectivity index (χ0v) is 12.1. The number of hydrogen-bond acceptors (Lipinski definition) is 2. The van der Waals surface area contributed by atoms with Gasteiger partial charge in [-0.2, -0.15) is 0 Å². The van der Waals surface area contributed by atoms with E-state index in [1.807, 2.05) is 0 Å². The standard InChI is InChI=1S/C17H14F2N2O2/c18-13-7-9-14(10-8-13)21-17(22)20-11-3-4-12-23-16-6-2-1-5-15(16)19/h1-2,5-10H,11-12H2,(H2,20,21,22). The maximum atomic E-state index is 13.2. The molecule has 6 heteroatoms. The molecule has 4 nitrogen and oxygen atoms in total. The molecular weight excluding hydrogens is 302 g/mol. The lowest BCUT2D eigenvalue weighted by Crippen LogP contribution is -2.28. The summed E-state index contributed by atoms with van der Waals surface area (Å²) in [6.07, 6.45) is 0. The first-order chi connectivity index (χ1) is 11.1. The van der Waals surface area contributed by atoms with Crippen molar-refractivity contribution in [3.63, 3.8) is 0 Å². The van der Waals surface area contributed by atoms with Crippen LogP contribution in [0.5, 0.6) is 5.75 Å². The van der Waals surface area contributed by atoms with Crippen LogP contribution in [0.2, 0.25) is 0 Å². The zero-order chi connectivity index (χ0) is 16.5. The SMILES string of the molecule is O=C(NCC#CCOc1ccccc1F)Nc1ccc(F)cc1. The third-order valence-corrected chi connectivity index (χ3v) is 2.70. The molecule has 2 aromatic rings. The van der Waals surface area contributed by atoms with Gasteiger partial charge in [0, 0.05) is 5.69 Å². The zero-order valence-electron chi connectivity index (χ0n) is 12.1. The van der Waals surface area contributed by atoms with Crippen molar-refractivity contribution in [2.45, 2.75) is 0 Å². The first-order valence-corrected chi connectivity index (χ1v) is 6.78. The van der Waals surface area contributed by atoms with Crippen molar-refractivity contribution < 1.29 is 18.3 Å². The lowest BCUT2D eigenvalue weighted by molar-refractivity contribution is 0.253. The molecule has 0 radical (unpaired) electrons. The number of carbonyl (C=O) groups excluding carboxylic acids is 1. The minimum absolute atomic E-state index is 0.0161. The third kappa shape index (κ3) is 5.67. The Balaban J connectivity index is 1.68. The number of ether oxygens (including phenoxy) is 1. The van der Waals surface area contributed by atoms with Crippen LogP contribution in [0, 0.1) is 23.5 Å². The second-order valence-electron chi connectivity index (χ2n) is 4.39. The lowest BCUT2D eigenvalue weighted by atomic mass is 10.3. The number of carbonyl (C=O) groups is 1. The molecule has 2 rings (SSSR count). The fourth-order valence-corrected chi connectivity index (χ4v) is 1.62. The summed E-state index contributed by atoms with van der Waals surface area (Å²) in [7, 11) is 0. The summed E-state index contributed by atoms with van der Waals surface area (Å²) in [5.41, 5.74) is 0.472. The van der Waals surface area contributed by atoms with Gasteiger partial charge in [-0.25, -0.2) is 13.6 Å². The van der Waals surface area contributed by atoms with Crippen LogP contribution < -0.4 is 15.4 Å². The molecule has 0 aromatic heterocycles. The van der Waals surface area contributed by atoms with E-state index >= 15 is 0 Å². The molecule has 2 amide bonds. The van der Waals surface area contributed by atoms with Gasteiger partial charge < -0.3 is 15.4 Å². The predicted octanol–water partition coefficient (Wildman–Crippen LogP) is 3.17. The molecule has 0 aliphatic carbocycles. The number of hydrogen-bond donors (Lipinski definition) is 2. The van der Waals surface area contributed by atoms with Crippen LogP contribution in [-0.4, -0.2) is 19.2 Å². The highest BCUT2D eigenvalue weighted by Gasteiger charge is 2.00. The monoisotopic (exact) mass is 316 g/mol. The van der Waals surface area contributed by atoms with E-state index in [4.69, 9.17) is 4.74 Å². The van der Waals surface area contributed by atoms with Crippen LogP contribution in [-0.2, 0) is 0 Å². The summed E-state index contributed by atoms with van der Waals surface area (Å²) in [6, 6.07) is 11.0. The van der Waals surface area contributed by atoms with Crippen LogP contribution in [0.1, 0.15) is 0 Å². The van der Waals surface area contributed by atoms with E-state index in [1.54, 1.807) is 12.1 Å². The lowest BCUT2D eigenvalue weighted by Gasteiger charge is -2.05. The Morgan fingerprint density at radius 2 is 1.78 bits per heavy atom. The Labute approximate surface area is 132 Å². The van der Waals surface area contributed by atoms with Crippen molar-refractivity contribution in [1.82, 2.24) is 5.32 Å². The molecule has 0 spiro atoms. The van der Waals surface area contributed by atoms with Crippen LogP contribution in [0.3, 0.4) is 0 Å². The van der Waals surface area contributed by atoms with Gasteiger partial charge in [0.05, 0.1) is 6.54 Å². The molecule has 0 fully saturated rings. The van der Waals surface area contributed by atoms with Gasteiger partial charge in [0.2, 0.25) is 0 Å². The quantitative estimate of drug-likeness (QED) is 0.851. The number of rotatable bonds is 4. The Hall–Kier alpha value is -3.07. The Bertz CT molecular complexity index is 721. The minimum atomic E-state index is -0.457. The van der Waals surface area contributed by atoms with Crippen molar-refractivity contribution in [1.29, 1.82) is 0 Å². The van der Waals surface area contributed by atoms with Crippen molar-refractivity contribution in [3.05, 3.63) is 60.2 Å². The fourth-order valence-electron chi connectivity index (χ4n) is 1.62. The van der Waals surface area contributed by atoms with Crippen LogP contribution in [0.25, 0.3) is 0 Å². The summed E-state index contributed by atoms with van der Waals surface area (Å²) in [5.74, 6) is 4.63. The first kappa shape index (κ1) is 16.3. The Morgan fingerprint density at radius 1 is 1.04 bits per heavy atom. The highest BCUT2D eigenvalue weighted by molar-refractivity contribution is 5.89. The molecule has 118 valence electrons. The van der Waals surface area contributed by atoms with Crippen molar-refractivity contribution in [2.75, 3.05) is 18.5 Å². The number of urea groups is 1. The summed E-state index contributed by atoms with van der Waals surface area (Å²) in [6.45, 7) is 0.121.